The minimum atomic E-state index is 0. The van der Waals surface area contributed by atoms with Gasteiger partial charge in [-0.05, 0) is 49.9 Å². The lowest BCUT2D eigenvalue weighted by Gasteiger charge is -2.32. The highest BCUT2D eigenvalue weighted by Gasteiger charge is 2.27. The van der Waals surface area contributed by atoms with Crippen molar-refractivity contribution in [2.75, 3.05) is 19.6 Å². The fraction of sp³-hybridized carbons (Fsp3) is 0.625. The average Bonchev–Trinajstić information content (AvgIpc) is 3.15. The quantitative estimate of drug-likeness (QED) is 0.921. The summed E-state index contributed by atoms with van der Waals surface area (Å²) in [6.07, 6.45) is 2.41. The molecule has 2 aliphatic rings. The predicted molar refractivity (Wildman–Crippen MR) is 95.3 cm³/mol. The molecule has 7 heteroatoms. The maximum Gasteiger partial charge on any atom is 0.147 e. The van der Waals surface area contributed by atoms with Crippen LogP contribution in [0.5, 0.6) is 0 Å². The van der Waals surface area contributed by atoms with E-state index in [-0.39, 0.29) is 12.4 Å². The van der Waals surface area contributed by atoms with E-state index in [1.165, 1.54) is 42.2 Å². The lowest BCUT2D eigenvalue weighted by molar-refractivity contribution is 0.201. The molecule has 0 aromatic carbocycles. The third-order valence-corrected chi connectivity index (χ3v) is 5.95. The smallest absolute Gasteiger partial charge is 0.147 e. The summed E-state index contributed by atoms with van der Waals surface area (Å²) in [6.45, 7) is 8.59. The molecule has 0 atom stereocenters. The number of likely N-dealkylation sites (tertiary alicyclic amines) is 1. The first-order valence-electron chi connectivity index (χ1n) is 8.19. The monoisotopic (exact) mass is 353 g/mol. The number of nitrogens with one attached hydrogen (secondary N) is 1. The Labute approximate surface area is 147 Å². The summed E-state index contributed by atoms with van der Waals surface area (Å²) in [5.41, 5.74) is 1.44. The minimum absolute atomic E-state index is 0. The van der Waals surface area contributed by atoms with Gasteiger partial charge in [0.05, 0.1) is 6.54 Å². The van der Waals surface area contributed by atoms with Crippen LogP contribution in [0.1, 0.15) is 40.8 Å². The molecule has 0 saturated carbocycles. The molecule has 5 nitrogen and oxygen atoms in total. The molecule has 0 aliphatic carbocycles. The van der Waals surface area contributed by atoms with E-state index in [4.69, 9.17) is 0 Å². The third kappa shape index (κ3) is 3.45. The van der Waals surface area contributed by atoms with E-state index in [1.807, 2.05) is 11.3 Å². The molecule has 0 spiro atoms. The SMILES string of the molecule is Cc1ccsc1CN1CCC(c2nnc3n2CCNC3)CC1.Cl. The van der Waals surface area contributed by atoms with Crippen molar-refractivity contribution >= 4 is 23.7 Å². The van der Waals surface area contributed by atoms with Gasteiger partial charge in [-0.2, -0.15) is 0 Å². The van der Waals surface area contributed by atoms with Gasteiger partial charge in [0.1, 0.15) is 11.6 Å². The van der Waals surface area contributed by atoms with Crippen LogP contribution >= 0.6 is 23.7 Å². The fourth-order valence-corrected chi connectivity index (χ4v) is 4.48. The lowest BCUT2D eigenvalue weighted by Crippen LogP contribution is -2.34. The summed E-state index contributed by atoms with van der Waals surface area (Å²) >= 11 is 1.89. The van der Waals surface area contributed by atoms with Crippen molar-refractivity contribution in [1.82, 2.24) is 25.0 Å². The lowest BCUT2D eigenvalue weighted by atomic mass is 9.95. The number of aromatic nitrogens is 3. The summed E-state index contributed by atoms with van der Waals surface area (Å²) in [5.74, 6) is 2.92. The van der Waals surface area contributed by atoms with Gasteiger partial charge in [-0.1, -0.05) is 0 Å². The van der Waals surface area contributed by atoms with Gasteiger partial charge in [0.2, 0.25) is 0 Å². The molecule has 1 N–H and O–H groups in total. The van der Waals surface area contributed by atoms with Crippen molar-refractivity contribution in [3.05, 3.63) is 33.5 Å². The van der Waals surface area contributed by atoms with E-state index in [0.29, 0.717) is 5.92 Å². The highest BCUT2D eigenvalue weighted by Crippen LogP contribution is 2.29. The Bertz CT molecular complexity index is 645. The van der Waals surface area contributed by atoms with Crippen molar-refractivity contribution in [2.45, 2.75) is 45.3 Å². The van der Waals surface area contributed by atoms with E-state index in [2.05, 4.69) is 43.4 Å². The normalized spacial score (nSPS) is 19.3. The van der Waals surface area contributed by atoms with Crippen LogP contribution in [0.4, 0.5) is 0 Å². The number of halogens is 1. The van der Waals surface area contributed by atoms with Crippen LogP contribution in [-0.4, -0.2) is 39.3 Å². The van der Waals surface area contributed by atoms with Gasteiger partial charge in [-0.25, -0.2) is 0 Å². The van der Waals surface area contributed by atoms with Crippen LogP contribution in [0.15, 0.2) is 11.4 Å². The van der Waals surface area contributed by atoms with Gasteiger partial charge < -0.3 is 9.88 Å². The molecule has 126 valence electrons. The molecule has 4 rings (SSSR count). The first-order valence-corrected chi connectivity index (χ1v) is 9.07. The van der Waals surface area contributed by atoms with Gasteiger partial charge in [0.25, 0.3) is 0 Å². The van der Waals surface area contributed by atoms with Gasteiger partial charge in [-0.15, -0.1) is 33.9 Å². The van der Waals surface area contributed by atoms with E-state index in [1.54, 1.807) is 0 Å². The zero-order valence-corrected chi connectivity index (χ0v) is 15.1. The van der Waals surface area contributed by atoms with Gasteiger partial charge in [0, 0.05) is 30.4 Å². The Morgan fingerprint density at radius 2 is 2.09 bits per heavy atom. The molecule has 2 aromatic heterocycles. The van der Waals surface area contributed by atoms with Gasteiger partial charge in [-0.3, -0.25) is 4.90 Å². The second-order valence-electron chi connectivity index (χ2n) is 6.38. The van der Waals surface area contributed by atoms with Crippen molar-refractivity contribution in [3.8, 4) is 0 Å². The number of aryl methyl sites for hydroxylation is 1. The van der Waals surface area contributed by atoms with Crippen LogP contribution < -0.4 is 5.32 Å². The Morgan fingerprint density at radius 1 is 1.26 bits per heavy atom. The third-order valence-electron chi connectivity index (χ3n) is 4.94. The van der Waals surface area contributed by atoms with Crippen molar-refractivity contribution < 1.29 is 0 Å². The summed E-state index contributed by atoms with van der Waals surface area (Å²) in [5, 5.41) is 14.4. The molecule has 1 saturated heterocycles. The molecule has 0 bridgehead atoms. The summed E-state index contributed by atoms with van der Waals surface area (Å²) < 4.78 is 2.35. The van der Waals surface area contributed by atoms with E-state index >= 15 is 0 Å². The van der Waals surface area contributed by atoms with Gasteiger partial charge >= 0.3 is 0 Å². The van der Waals surface area contributed by atoms with Crippen LogP contribution in [0.2, 0.25) is 0 Å². The topological polar surface area (TPSA) is 46.0 Å². The van der Waals surface area contributed by atoms with Crippen LogP contribution in [0, 0.1) is 6.92 Å². The summed E-state index contributed by atoms with van der Waals surface area (Å²) in [6, 6.07) is 2.23. The highest BCUT2D eigenvalue weighted by molar-refractivity contribution is 7.10. The number of hydrogen-bond donors (Lipinski definition) is 1. The summed E-state index contributed by atoms with van der Waals surface area (Å²) in [7, 11) is 0. The molecule has 1 fully saturated rings. The summed E-state index contributed by atoms with van der Waals surface area (Å²) in [4.78, 5) is 4.11. The highest BCUT2D eigenvalue weighted by atomic mass is 35.5. The van der Waals surface area contributed by atoms with Crippen LogP contribution in [0.25, 0.3) is 0 Å². The Balaban J connectivity index is 0.00000156. The maximum absolute atomic E-state index is 4.49. The molecule has 23 heavy (non-hydrogen) atoms. The Kier molecular flexibility index (Phi) is 5.36. The molecule has 0 amide bonds. The standard InChI is InChI=1S/C16H23N5S.ClH/c1-12-4-9-22-14(12)11-20-6-2-13(3-7-20)16-19-18-15-10-17-5-8-21(15)16;/h4,9,13,17H,2-3,5-8,10-11H2,1H3;1H. The van der Waals surface area contributed by atoms with E-state index in [9.17, 15) is 0 Å². The second-order valence-corrected chi connectivity index (χ2v) is 7.38. The molecule has 2 aromatic rings. The zero-order chi connectivity index (χ0) is 14.9. The number of piperidine rings is 1. The van der Waals surface area contributed by atoms with Crippen LogP contribution in [-0.2, 0) is 19.6 Å². The number of nitrogens with zero attached hydrogens (tertiary/aromatic N) is 4. The number of rotatable bonds is 3. The second kappa shape index (κ2) is 7.30. The van der Waals surface area contributed by atoms with Crippen LogP contribution in [0.3, 0.4) is 0 Å². The van der Waals surface area contributed by atoms with E-state index < -0.39 is 0 Å². The van der Waals surface area contributed by atoms with Crippen molar-refractivity contribution in [1.29, 1.82) is 0 Å². The fourth-order valence-electron chi connectivity index (χ4n) is 3.54. The Morgan fingerprint density at radius 3 is 2.83 bits per heavy atom. The molecule has 2 aliphatic heterocycles. The minimum Gasteiger partial charge on any atom is -0.312 e. The first-order chi connectivity index (χ1) is 10.8. The molecule has 4 heterocycles. The molecular formula is C16H24ClN5S. The number of hydrogen-bond acceptors (Lipinski definition) is 5. The zero-order valence-electron chi connectivity index (χ0n) is 13.5. The number of thiophene rings is 1. The van der Waals surface area contributed by atoms with Crippen molar-refractivity contribution in [3.63, 3.8) is 0 Å². The number of fused-ring (bicyclic) bond motifs is 1. The average molecular weight is 354 g/mol. The predicted octanol–water partition coefficient (Wildman–Crippen LogP) is 2.55. The first kappa shape index (κ1) is 16.9. The van der Waals surface area contributed by atoms with E-state index in [0.717, 1.165) is 32.0 Å². The molecule has 0 radical (unpaired) electrons. The largest absolute Gasteiger partial charge is 0.312 e. The van der Waals surface area contributed by atoms with Crippen molar-refractivity contribution in [2.24, 2.45) is 0 Å². The van der Waals surface area contributed by atoms with Gasteiger partial charge in [0.15, 0.2) is 0 Å². The molecule has 0 unspecified atom stereocenters. The maximum atomic E-state index is 4.49. The Hall–Kier alpha value is -0.950. The molecular weight excluding hydrogens is 330 g/mol.